The Morgan fingerprint density at radius 1 is 1.30 bits per heavy atom. The van der Waals surface area contributed by atoms with Crippen molar-refractivity contribution < 1.29 is 13.2 Å². The van der Waals surface area contributed by atoms with Crippen molar-refractivity contribution >= 4 is 38.7 Å². The molecule has 2 aromatic rings. The van der Waals surface area contributed by atoms with E-state index in [1.54, 1.807) is 31.2 Å². The van der Waals surface area contributed by atoms with Crippen molar-refractivity contribution in [1.82, 2.24) is 5.32 Å². The summed E-state index contributed by atoms with van der Waals surface area (Å²) in [6.45, 7) is 3.63. The van der Waals surface area contributed by atoms with Crippen LogP contribution in [0.3, 0.4) is 0 Å². The van der Waals surface area contributed by atoms with Crippen molar-refractivity contribution in [2.75, 3.05) is 12.4 Å². The number of alkyl halides is 1. The van der Waals surface area contributed by atoms with E-state index in [1.165, 1.54) is 11.3 Å². The minimum Gasteiger partial charge on any atom is -0.353 e. The molecule has 1 atom stereocenters. The zero-order chi connectivity index (χ0) is 17.0. The topological polar surface area (TPSA) is 63.2 Å². The summed E-state index contributed by atoms with van der Waals surface area (Å²) in [5.41, 5.74) is 1.57. The Labute approximate surface area is 145 Å². The van der Waals surface area contributed by atoms with Gasteiger partial charge in [-0.25, -0.2) is 8.42 Å². The first-order chi connectivity index (χ1) is 10.9. The van der Waals surface area contributed by atoms with Crippen molar-refractivity contribution in [2.24, 2.45) is 0 Å². The smallest absolute Gasteiger partial charge is 0.234 e. The lowest BCUT2D eigenvalue weighted by molar-refractivity contribution is -0.118. The highest BCUT2D eigenvalue weighted by molar-refractivity contribution is 7.92. The van der Waals surface area contributed by atoms with Crippen LogP contribution in [-0.4, -0.2) is 26.7 Å². The van der Waals surface area contributed by atoms with Gasteiger partial charge in [0.1, 0.15) is 11.1 Å². The van der Waals surface area contributed by atoms with Crippen molar-refractivity contribution in [2.45, 2.75) is 24.0 Å². The highest BCUT2D eigenvalue weighted by Gasteiger charge is 2.31. The number of rotatable bonds is 6. The maximum atomic E-state index is 13.1. The van der Waals surface area contributed by atoms with E-state index in [4.69, 9.17) is 11.6 Å². The Balaban J connectivity index is 2.44. The van der Waals surface area contributed by atoms with Crippen LogP contribution in [0, 0.1) is 13.8 Å². The largest absolute Gasteiger partial charge is 0.353 e. The Bertz CT molecular complexity index is 786. The molecule has 0 aliphatic rings. The van der Waals surface area contributed by atoms with Gasteiger partial charge in [-0.3, -0.25) is 4.79 Å². The van der Waals surface area contributed by atoms with Gasteiger partial charge in [0.2, 0.25) is 5.91 Å². The van der Waals surface area contributed by atoms with Crippen molar-refractivity contribution in [3.05, 3.63) is 51.7 Å². The third kappa shape index (κ3) is 4.13. The van der Waals surface area contributed by atoms with Gasteiger partial charge < -0.3 is 5.32 Å². The number of sulfone groups is 1. The highest BCUT2D eigenvalue weighted by atomic mass is 35.5. The Hall–Kier alpha value is -1.37. The number of hydrogen-bond donors (Lipinski definition) is 1. The van der Waals surface area contributed by atoms with Crippen LogP contribution in [0.4, 0.5) is 0 Å². The second-order valence-corrected chi connectivity index (χ2v) is 8.60. The van der Waals surface area contributed by atoms with E-state index >= 15 is 0 Å². The van der Waals surface area contributed by atoms with Crippen LogP contribution in [0.5, 0.6) is 0 Å². The molecule has 1 heterocycles. The van der Waals surface area contributed by atoms with E-state index in [2.05, 4.69) is 5.32 Å². The molecular weight excluding hydrogens is 354 g/mol. The van der Waals surface area contributed by atoms with Gasteiger partial charge in [-0.15, -0.1) is 22.9 Å². The molecule has 23 heavy (non-hydrogen) atoms. The maximum Gasteiger partial charge on any atom is 0.234 e. The van der Waals surface area contributed by atoms with Crippen LogP contribution >= 0.6 is 22.9 Å². The summed E-state index contributed by atoms with van der Waals surface area (Å²) in [6.07, 6.45) is 0. The molecule has 0 fully saturated rings. The first-order valence-corrected chi connectivity index (χ1v) is 9.99. The number of carbonyl (C=O) groups is 1. The molecule has 0 aliphatic heterocycles. The lowest BCUT2D eigenvalue weighted by atomic mass is 10.2. The molecule has 0 saturated carbocycles. The molecule has 0 aliphatic carbocycles. The molecule has 4 nitrogen and oxygen atoms in total. The molecule has 0 saturated heterocycles. The summed E-state index contributed by atoms with van der Waals surface area (Å²) in [5, 5.41) is 3.59. The Kier molecular flexibility index (Phi) is 5.84. The molecule has 1 amide bonds. The second-order valence-electron chi connectivity index (χ2n) is 5.26. The summed E-state index contributed by atoms with van der Waals surface area (Å²) < 4.78 is 26.3. The van der Waals surface area contributed by atoms with Crippen molar-refractivity contribution in [3.63, 3.8) is 0 Å². The number of amides is 1. The molecule has 1 aromatic heterocycles. The van der Waals surface area contributed by atoms with E-state index in [0.29, 0.717) is 15.3 Å². The third-order valence-corrected chi connectivity index (χ3v) is 7.09. The molecule has 0 unspecified atom stereocenters. The van der Waals surface area contributed by atoms with E-state index in [0.717, 1.165) is 5.56 Å². The zero-order valence-electron chi connectivity index (χ0n) is 12.9. The lowest BCUT2D eigenvalue weighted by Crippen LogP contribution is -2.32. The molecule has 0 radical (unpaired) electrons. The zero-order valence-corrected chi connectivity index (χ0v) is 15.3. The summed E-state index contributed by atoms with van der Waals surface area (Å²) in [7, 11) is -3.63. The molecule has 0 spiro atoms. The molecule has 0 bridgehead atoms. The van der Waals surface area contributed by atoms with Crippen LogP contribution in [0.1, 0.15) is 21.3 Å². The van der Waals surface area contributed by atoms with E-state index in [9.17, 15) is 13.2 Å². The molecule has 1 aromatic carbocycles. The van der Waals surface area contributed by atoms with E-state index in [1.807, 2.05) is 18.4 Å². The quantitative estimate of drug-likeness (QED) is 0.793. The molecule has 1 N–H and O–H groups in total. The standard InChI is InChI=1S/C16H18ClNO3S2/c1-11-5-6-12(2)14(8-11)23(20,21)15(10-18-16(19)9-17)13-4-3-7-22-13/h3-8,15H,9-10H2,1-2H3,(H,18,19)/t15-/m0/s1. The molecule has 2 rings (SSSR count). The van der Waals surface area contributed by atoms with Gasteiger partial charge in [-0.05, 0) is 42.5 Å². The Morgan fingerprint density at radius 3 is 2.65 bits per heavy atom. The average Bonchev–Trinajstić information content (AvgIpc) is 3.03. The van der Waals surface area contributed by atoms with Gasteiger partial charge in [0.25, 0.3) is 0 Å². The normalized spacial score (nSPS) is 12.8. The number of thiophene rings is 1. The number of aryl methyl sites for hydroxylation is 2. The first-order valence-electron chi connectivity index (χ1n) is 7.03. The van der Waals surface area contributed by atoms with E-state index < -0.39 is 15.1 Å². The predicted octanol–water partition coefficient (Wildman–Crippen LogP) is 3.23. The van der Waals surface area contributed by atoms with Gasteiger partial charge in [-0.1, -0.05) is 18.2 Å². The first kappa shape index (κ1) is 18.0. The predicted molar refractivity (Wildman–Crippen MR) is 93.9 cm³/mol. The van der Waals surface area contributed by atoms with Crippen LogP contribution in [0.2, 0.25) is 0 Å². The number of carbonyl (C=O) groups excluding carboxylic acids is 1. The van der Waals surface area contributed by atoms with Gasteiger partial charge >= 0.3 is 0 Å². The van der Waals surface area contributed by atoms with E-state index in [-0.39, 0.29) is 18.3 Å². The number of halogens is 1. The maximum absolute atomic E-state index is 13.1. The van der Waals surface area contributed by atoms with Gasteiger partial charge in [0.05, 0.1) is 4.90 Å². The molecule has 124 valence electrons. The van der Waals surface area contributed by atoms with Crippen LogP contribution in [-0.2, 0) is 14.6 Å². The highest BCUT2D eigenvalue weighted by Crippen LogP contribution is 2.33. The fraction of sp³-hybridized carbons (Fsp3) is 0.312. The van der Waals surface area contributed by atoms with Crippen LogP contribution in [0.15, 0.2) is 40.6 Å². The molecular formula is C16H18ClNO3S2. The SMILES string of the molecule is Cc1ccc(C)c(S(=O)(=O)[C@@H](CNC(=O)CCl)c2cccs2)c1. The summed E-state index contributed by atoms with van der Waals surface area (Å²) in [6, 6.07) is 8.92. The number of hydrogen-bond acceptors (Lipinski definition) is 4. The second kappa shape index (κ2) is 7.47. The fourth-order valence-electron chi connectivity index (χ4n) is 2.26. The van der Waals surface area contributed by atoms with Crippen LogP contribution in [0.25, 0.3) is 0 Å². The third-order valence-electron chi connectivity index (χ3n) is 3.49. The van der Waals surface area contributed by atoms with Gasteiger partial charge in [0.15, 0.2) is 9.84 Å². The average molecular weight is 372 g/mol. The summed E-state index contributed by atoms with van der Waals surface area (Å²) >= 11 is 6.84. The number of benzene rings is 1. The summed E-state index contributed by atoms with van der Waals surface area (Å²) in [4.78, 5) is 12.4. The lowest BCUT2D eigenvalue weighted by Gasteiger charge is -2.19. The Morgan fingerprint density at radius 2 is 2.04 bits per heavy atom. The molecule has 7 heteroatoms. The summed E-state index contributed by atoms with van der Waals surface area (Å²) in [5.74, 6) is -0.579. The van der Waals surface area contributed by atoms with Gasteiger partial charge in [-0.2, -0.15) is 0 Å². The van der Waals surface area contributed by atoms with Crippen molar-refractivity contribution in [1.29, 1.82) is 0 Å². The number of nitrogens with one attached hydrogen (secondary N) is 1. The fourth-order valence-corrected chi connectivity index (χ4v) is 5.47. The van der Waals surface area contributed by atoms with Crippen LogP contribution < -0.4 is 5.32 Å². The monoisotopic (exact) mass is 371 g/mol. The minimum absolute atomic E-state index is 0.00177. The van der Waals surface area contributed by atoms with Crippen molar-refractivity contribution in [3.8, 4) is 0 Å². The van der Waals surface area contributed by atoms with Gasteiger partial charge in [0, 0.05) is 11.4 Å². The minimum atomic E-state index is -3.63.